The van der Waals surface area contributed by atoms with Gasteiger partial charge >= 0.3 is 0 Å². The maximum Gasteiger partial charge on any atom is 0.251 e. The highest BCUT2D eigenvalue weighted by Crippen LogP contribution is 2.51. The van der Waals surface area contributed by atoms with Crippen molar-refractivity contribution >= 4 is 11.6 Å². The molecule has 3 aliphatic rings. The van der Waals surface area contributed by atoms with Crippen LogP contribution in [0.2, 0.25) is 5.02 Å². The second kappa shape index (κ2) is 3.80. The molecule has 2 aliphatic heterocycles. The van der Waals surface area contributed by atoms with Gasteiger partial charge in [0.2, 0.25) is 0 Å². The van der Waals surface area contributed by atoms with E-state index >= 15 is 0 Å². The van der Waals surface area contributed by atoms with Crippen molar-refractivity contribution in [2.24, 2.45) is 0 Å². The van der Waals surface area contributed by atoms with Crippen LogP contribution in [0.5, 0.6) is 11.5 Å². The molecule has 0 amide bonds. The fraction of sp³-hybridized carbons (Fsp3) is 0.600. The molecule has 102 valence electrons. The van der Waals surface area contributed by atoms with E-state index < -0.39 is 0 Å². The molecule has 2 heterocycles. The first-order chi connectivity index (χ1) is 9.10. The van der Waals surface area contributed by atoms with Crippen molar-refractivity contribution in [2.45, 2.75) is 50.4 Å². The van der Waals surface area contributed by atoms with Gasteiger partial charge in [-0.1, -0.05) is 11.6 Å². The van der Waals surface area contributed by atoms with E-state index in [4.69, 9.17) is 21.1 Å². The number of nitrogens with one attached hydrogen (secondary N) is 1. The lowest BCUT2D eigenvalue weighted by Gasteiger charge is -2.35. The molecule has 19 heavy (non-hydrogen) atoms. The Morgan fingerprint density at radius 1 is 1.11 bits per heavy atom. The number of hydrogen-bond acceptors (Lipinski definition) is 3. The molecule has 1 aromatic carbocycles. The summed E-state index contributed by atoms with van der Waals surface area (Å²) >= 11 is 6.46. The van der Waals surface area contributed by atoms with E-state index in [-0.39, 0.29) is 11.3 Å². The SMILES string of the molecule is CC1(c2cc3c(cc2Cl)OC2(CCC2)O3)CCCN1. The fourth-order valence-electron chi connectivity index (χ4n) is 3.33. The Balaban J connectivity index is 1.73. The van der Waals surface area contributed by atoms with Crippen LogP contribution in [0, 0.1) is 0 Å². The average Bonchev–Trinajstić information content (AvgIpc) is 2.91. The average molecular weight is 280 g/mol. The van der Waals surface area contributed by atoms with Gasteiger partial charge in [-0.3, -0.25) is 0 Å². The zero-order valence-corrected chi connectivity index (χ0v) is 11.8. The maximum absolute atomic E-state index is 6.46. The Kier molecular flexibility index (Phi) is 2.37. The number of rotatable bonds is 1. The van der Waals surface area contributed by atoms with Gasteiger partial charge in [0.15, 0.2) is 11.5 Å². The molecule has 1 N–H and O–H groups in total. The van der Waals surface area contributed by atoms with Crippen molar-refractivity contribution in [3.8, 4) is 11.5 Å². The number of fused-ring (bicyclic) bond motifs is 1. The summed E-state index contributed by atoms with van der Waals surface area (Å²) in [6, 6.07) is 3.99. The fourth-order valence-corrected chi connectivity index (χ4v) is 3.70. The van der Waals surface area contributed by atoms with Crippen molar-refractivity contribution in [1.82, 2.24) is 5.32 Å². The lowest BCUT2D eigenvalue weighted by atomic mass is 9.90. The summed E-state index contributed by atoms with van der Waals surface area (Å²) in [5.74, 6) is 1.28. The summed E-state index contributed by atoms with van der Waals surface area (Å²) in [4.78, 5) is 0. The minimum Gasteiger partial charge on any atom is -0.448 e. The lowest BCUT2D eigenvalue weighted by Crippen LogP contribution is -2.45. The summed E-state index contributed by atoms with van der Waals surface area (Å²) in [6.07, 6.45) is 5.42. The first kappa shape index (κ1) is 11.9. The summed E-state index contributed by atoms with van der Waals surface area (Å²) in [7, 11) is 0. The molecule has 1 spiro atoms. The van der Waals surface area contributed by atoms with Crippen LogP contribution >= 0.6 is 11.6 Å². The smallest absolute Gasteiger partial charge is 0.251 e. The van der Waals surface area contributed by atoms with Crippen LogP contribution in [0.15, 0.2) is 12.1 Å². The van der Waals surface area contributed by atoms with Crippen molar-refractivity contribution in [3.63, 3.8) is 0 Å². The molecular weight excluding hydrogens is 262 g/mol. The third kappa shape index (κ3) is 1.68. The number of benzene rings is 1. The van der Waals surface area contributed by atoms with Gasteiger partial charge in [0.05, 0.1) is 0 Å². The highest BCUT2D eigenvalue weighted by molar-refractivity contribution is 6.31. The van der Waals surface area contributed by atoms with Crippen LogP contribution in [0.1, 0.15) is 44.6 Å². The zero-order valence-electron chi connectivity index (χ0n) is 11.1. The van der Waals surface area contributed by atoms with Gasteiger partial charge in [0.1, 0.15) is 0 Å². The molecule has 1 aromatic rings. The van der Waals surface area contributed by atoms with E-state index in [1.807, 2.05) is 6.07 Å². The molecule has 1 atom stereocenters. The van der Waals surface area contributed by atoms with Crippen molar-refractivity contribution in [2.75, 3.05) is 6.54 Å². The standard InChI is InChI=1S/C15H18ClNO2/c1-14(4-3-7-17-14)10-8-12-13(9-11(10)16)19-15(18-12)5-2-6-15/h8-9,17H,2-7H2,1H3. The van der Waals surface area contributed by atoms with E-state index in [0.29, 0.717) is 0 Å². The van der Waals surface area contributed by atoms with Crippen LogP contribution in [-0.2, 0) is 5.54 Å². The molecule has 1 aliphatic carbocycles. The molecule has 4 heteroatoms. The monoisotopic (exact) mass is 279 g/mol. The van der Waals surface area contributed by atoms with Gasteiger partial charge in [0.25, 0.3) is 5.79 Å². The van der Waals surface area contributed by atoms with Gasteiger partial charge in [0, 0.05) is 29.5 Å². The second-order valence-electron chi connectivity index (χ2n) is 6.11. The van der Waals surface area contributed by atoms with Crippen LogP contribution in [0.25, 0.3) is 0 Å². The topological polar surface area (TPSA) is 30.5 Å². The normalized spacial score (nSPS) is 30.6. The maximum atomic E-state index is 6.46. The Bertz CT molecular complexity index is 533. The summed E-state index contributed by atoms with van der Waals surface area (Å²) in [6.45, 7) is 3.26. The van der Waals surface area contributed by atoms with Gasteiger partial charge in [-0.25, -0.2) is 0 Å². The van der Waals surface area contributed by atoms with E-state index in [1.165, 1.54) is 12.8 Å². The van der Waals surface area contributed by atoms with Crippen LogP contribution in [0.4, 0.5) is 0 Å². The molecule has 2 fully saturated rings. The van der Waals surface area contributed by atoms with Crippen LogP contribution in [-0.4, -0.2) is 12.3 Å². The second-order valence-corrected chi connectivity index (χ2v) is 6.52. The van der Waals surface area contributed by atoms with E-state index in [0.717, 1.165) is 47.9 Å². The quantitative estimate of drug-likeness (QED) is 0.852. The molecule has 4 rings (SSSR count). The van der Waals surface area contributed by atoms with Crippen molar-refractivity contribution in [3.05, 3.63) is 22.7 Å². The highest BCUT2D eigenvalue weighted by atomic mass is 35.5. The molecule has 1 saturated heterocycles. The highest BCUT2D eigenvalue weighted by Gasteiger charge is 2.48. The zero-order chi connectivity index (χ0) is 13.1. The number of hydrogen-bond donors (Lipinski definition) is 1. The molecular formula is C15H18ClNO2. The summed E-state index contributed by atoms with van der Waals surface area (Å²) < 4.78 is 12.0. The predicted octanol–water partition coefficient (Wildman–Crippen LogP) is 3.59. The van der Waals surface area contributed by atoms with Crippen molar-refractivity contribution < 1.29 is 9.47 Å². The molecule has 0 aromatic heterocycles. The Morgan fingerprint density at radius 3 is 2.42 bits per heavy atom. The lowest BCUT2D eigenvalue weighted by molar-refractivity contribution is -0.138. The minimum absolute atomic E-state index is 0.0369. The van der Waals surface area contributed by atoms with Gasteiger partial charge in [-0.05, 0) is 44.4 Å². The van der Waals surface area contributed by atoms with E-state index in [2.05, 4.69) is 18.3 Å². The molecule has 1 saturated carbocycles. The Hall–Kier alpha value is -0.930. The number of halogens is 1. The first-order valence-corrected chi connectivity index (χ1v) is 7.45. The molecule has 0 bridgehead atoms. The van der Waals surface area contributed by atoms with Gasteiger partial charge < -0.3 is 14.8 Å². The van der Waals surface area contributed by atoms with Gasteiger partial charge in [-0.15, -0.1) is 0 Å². The molecule has 1 unspecified atom stereocenters. The minimum atomic E-state index is -0.381. The first-order valence-electron chi connectivity index (χ1n) is 7.07. The molecule has 0 radical (unpaired) electrons. The third-order valence-electron chi connectivity index (χ3n) is 4.70. The molecule has 3 nitrogen and oxygen atoms in total. The number of ether oxygens (including phenoxy) is 2. The van der Waals surface area contributed by atoms with E-state index in [1.54, 1.807) is 0 Å². The predicted molar refractivity (Wildman–Crippen MR) is 73.9 cm³/mol. The third-order valence-corrected chi connectivity index (χ3v) is 5.02. The van der Waals surface area contributed by atoms with Crippen LogP contribution < -0.4 is 14.8 Å². The van der Waals surface area contributed by atoms with E-state index in [9.17, 15) is 0 Å². The Labute approximate surface area is 118 Å². The summed E-state index contributed by atoms with van der Waals surface area (Å²) in [5.41, 5.74) is 1.09. The summed E-state index contributed by atoms with van der Waals surface area (Å²) in [5, 5.41) is 4.32. The Morgan fingerprint density at radius 2 is 1.84 bits per heavy atom. The van der Waals surface area contributed by atoms with Gasteiger partial charge in [-0.2, -0.15) is 0 Å². The largest absolute Gasteiger partial charge is 0.448 e. The van der Waals surface area contributed by atoms with Crippen molar-refractivity contribution in [1.29, 1.82) is 0 Å². The van der Waals surface area contributed by atoms with Crippen LogP contribution in [0.3, 0.4) is 0 Å².